The zero-order valence-corrected chi connectivity index (χ0v) is 13.0. The maximum absolute atomic E-state index is 10.5. The van der Waals surface area contributed by atoms with Crippen molar-refractivity contribution in [2.45, 2.75) is 38.2 Å². The molecule has 23 heavy (non-hydrogen) atoms. The molecule has 3 rings (SSSR count). The lowest BCUT2D eigenvalue weighted by atomic mass is 9.98. The second kappa shape index (κ2) is 7.65. The summed E-state index contributed by atoms with van der Waals surface area (Å²) in [7, 11) is 0. The average molecular weight is 303 g/mol. The first-order valence-electron chi connectivity index (χ1n) is 8.10. The minimum absolute atomic E-state index is 0.369. The van der Waals surface area contributed by atoms with Gasteiger partial charge in [-0.1, -0.05) is 18.3 Å². The van der Waals surface area contributed by atoms with E-state index in [0.717, 1.165) is 29.7 Å². The van der Waals surface area contributed by atoms with Crippen molar-refractivity contribution in [1.82, 2.24) is 0 Å². The van der Waals surface area contributed by atoms with Gasteiger partial charge in [0.25, 0.3) is 0 Å². The van der Waals surface area contributed by atoms with Crippen LogP contribution in [0.1, 0.15) is 48.8 Å². The average Bonchev–Trinajstić information content (AvgIpc) is 2.62. The third-order valence-electron chi connectivity index (χ3n) is 4.06. The van der Waals surface area contributed by atoms with Crippen LogP contribution in [0.2, 0.25) is 0 Å². The van der Waals surface area contributed by atoms with Gasteiger partial charge in [-0.3, -0.25) is 4.79 Å². The molecule has 0 bridgehead atoms. The molecule has 2 aromatic rings. The minimum Gasteiger partial charge on any atom is -0.490 e. The molecule has 2 heteroatoms. The molecular formula is C21H19O2. The molecule has 0 aliphatic heterocycles. The van der Waals surface area contributed by atoms with Crippen LogP contribution in [0.4, 0.5) is 0 Å². The van der Waals surface area contributed by atoms with Crippen molar-refractivity contribution < 1.29 is 9.53 Å². The molecule has 2 aromatic carbocycles. The highest BCUT2D eigenvalue weighted by molar-refractivity contribution is 5.75. The van der Waals surface area contributed by atoms with Crippen molar-refractivity contribution >= 4 is 6.29 Å². The molecule has 1 fully saturated rings. The minimum atomic E-state index is 0.369. The Hall–Kier alpha value is -2.53. The summed E-state index contributed by atoms with van der Waals surface area (Å²) < 4.78 is 6.01. The highest BCUT2D eigenvalue weighted by Gasteiger charge is 2.14. The Labute approximate surface area is 137 Å². The number of hydrogen-bond acceptors (Lipinski definition) is 2. The van der Waals surface area contributed by atoms with Crippen LogP contribution in [0, 0.1) is 11.8 Å². The van der Waals surface area contributed by atoms with Crippen LogP contribution in [0.15, 0.2) is 48.5 Å². The third kappa shape index (κ3) is 4.47. The Morgan fingerprint density at radius 3 is 1.83 bits per heavy atom. The van der Waals surface area contributed by atoms with E-state index in [1.807, 2.05) is 42.7 Å². The van der Waals surface area contributed by atoms with E-state index in [0.29, 0.717) is 11.7 Å². The fourth-order valence-electron chi connectivity index (χ4n) is 2.76. The predicted octanol–water partition coefficient (Wildman–Crippen LogP) is 4.26. The summed E-state index contributed by atoms with van der Waals surface area (Å²) in [5.41, 5.74) is 2.37. The molecule has 0 atom stereocenters. The Kier molecular flexibility index (Phi) is 5.11. The van der Waals surface area contributed by atoms with Crippen LogP contribution >= 0.6 is 0 Å². The van der Waals surface area contributed by atoms with Crippen LogP contribution in [-0.2, 0) is 4.79 Å². The van der Waals surface area contributed by atoms with E-state index in [9.17, 15) is 4.79 Å². The summed E-state index contributed by atoms with van der Waals surface area (Å²) >= 11 is 0. The van der Waals surface area contributed by atoms with E-state index >= 15 is 0 Å². The standard InChI is InChI=1S/C21H19O2/c22-16-19-10-8-17(9-11-19)6-7-18-12-14-21(15-13-18)23-20-4-2-1-3-5-20/h8-15,20H,1-5H2. The highest BCUT2D eigenvalue weighted by atomic mass is 16.5. The summed E-state index contributed by atoms with van der Waals surface area (Å²) in [4.78, 5) is 10.5. The van der Waals surface area contributed by atoms with Gasteiger partial charge in [-0.15, -0.1) is 0 Å². The first kappa shape index (κ1) is 15.4. The predicted molar refractivity (Wildman–Crippen MR) is 91.2 cm³/mol. The zero-order chi connectivity index (χ0) is 15.9. The molecule has 0 unspecified atom stereocenters. The summed E-state index contributed by atoms with van der Waals surface area (Å²) in [6.07, 6.45) is 8.43. The quantitative estimate of drug-likeness (QED) is 0.792. The molecule has 0 spiro atoms. The van der Waals surface area contributed by atoms with Crippen molar-refractivity contribution in [1.29, 1.82) is 0 Å². The smallest absolute Gasteiger partial charge is 0.233 e. The van der Waals surface area contributed by atoms with Gasteiger partial charge >= 0.3 is 0 Å². The summed E-state index contributed by atoms with van der Waals surface area (Å²) in [6.45, 7) is 0. The number of benzene rings is 2. The lowest BCUT2D eigenvalue weighted by molar-refractivity contribution is 0.155. The van der Waals surface area contributed by atoms with Gasteiger partial charge in [0, 0.05) is 16.7 Å². The Morgan fingerprint density at radius 1 is 0.739 bits per heavy atom. The van der Waals surface area contributed by atoms with E-state index in [-0.39, 0.29) is 0 Å². The van der Waals surface area contributed by atoms with Gasteiger partial charge in [-0.25, -0.2) is 0 Å². The second-order valence-electron chi connectivity index (χ2n) is 5.83. The molecule has 0 amide bonds. The van der Waals surface area contributed by atoms with Crippen molar-refractivity contribution in [2.24, 2.45) is 0 Å². The lowest BCUT2D eigenvalue weighted by Gasteiger charge is -2.22. The molecule has 1 aliphatic carbocycles. The fraction of sp³-hybridized carbons (Fsp3) is 0.286. The molecule has 1 saturated carbocycles. The summed E-state index contributed by atoms with van der Waals surface area (Å²) in [6, 6.07) is 15.0. The van der Waals surface area contributed by atoms with Gasteiger partial charge in [0.15, 0.2) is 0 Å². The first-order chi connectivity index (χ1) is 11.3. The summed E-state index contributed by atoms with van der Waals surface area (Å²) in [5.74, 6) is 7.14. The van der Waals surface area contributed by atoms with E-state index < -0.39 is 0 Å². The molecule has 0 heterocycles. The van der Waals surface area contributed by atoms with Crippen molar-refractivity contribution in [2.75, 3.05) is 0 Å². The Balaban J connectivity index is 1.62. The van der Waals surface area contributed by atoms with Gasteiger partial charge in [0.1, 0.15) is 5.75 Å². The summed E-state index contributed by atoms with van der Waals surface area (Å²) in [5, 5.41) is 0. The highest BCUT2D eigenvalue weighted by Crippen LogP contribution is 2.23. The molecule has 0 saturated heterocycles. The van der Waals surface area contributed by atoms with Crippen LogP contribution < -0.4 is 4.74 Å². The number of rotatable bonds is 3. The van der Waals surface area contributed by atoms with Crippen LogP contribution in [-0.4, -0.2) is 12.4 Å². The topological polar surface area (TPSA) is 26.3 Å². The first-order valence-corrected chi connectivity index (χ1v) is 8.10. The zero-order valence-electron chi connectivity index (χ0n) is 13.0. The molecule has 1 radical (unpaired) electrons. The molecule has 0 N–H and O–H groups in total. The van der Waals surface area contributed by atoms with Crippen molar-refractivity contribution in [3.05, 3.63) is 65.2 Å². The van der Waals surface area contributed by atoms with Crippen LogP contribution in [0.25, 0.3) is 0 Å². The normalized spacial score (nSPS) is 14.6. The van der Waals surface area contributed by atoms with E-state index in [1.54, 1.807) is 12.1 Å². The van der Waals surface area contributed by atoms with E-state index in [4.69, 9.17) is 4.74 Å². The van der Waals surface area contributed by atoms with Crippen molar-refractivity contribution in [3.8, 4) is 17.6 Å². The van der Waals surface area contributed by atoms with Crippen LogP contribution in [0.5, 0.6) is 5.75 Å². The van der Waals surface area contributed by atoms with Crippen LogP contribution in [0.3, 0.4) is 0 Å². The SMILES string of the molecule is O=[C]c1ccc(C#Cc2ccc(OC3CCCCC3)cc2)cc1. The molecule has 2 nitrogen and oxygen atoms in total. The lowest BCUT2D eigenvalue weighted by Crippen LogP contribution is -2.19. The van der Waals surface area contributed by atoms with Gasteiger partial charge in [-0.05, 0) is 74.2 Å². The Bertz CT molecular complexity index is 696. The molecule has 0 aromatic heterocycles. The Morgan fingerprint density at radius 2 is 1.26 bits per heavy atom. The maximum Gasteiger partial charge on any atom is 0.233 e. The number of carbonyl (C=O) groups excluding carboxylic acids is 1. The van der Waals surface area contributed by atoms with E-state index in [2.05, 4.69) is 11.8 Å². The van der Waals surface area contributed by atoms with Gasteiger partial charge < -0.3 is 4.74 Å². The third-order valence-corrected chi connectivity index (χ3v) is 4.06. The van der Waals surface area contributed by atoms with Gasteiger partial charge in [0.2, 0.25) is 6.29 Å². The molecular weight excluding hydrogens is 284 g/mol. The van der Waals surface area contributed by atoms with Crippen molar-refractivity contribution in [3.63, 3.8) is 0 Å². The largest absolute Gasteiger partial charge is 0.490 e. The van der Waals surface area contributed by atoms with Gasteiger partial charge in [0.05, 0.1) is 6.10 Å². The molecule has 1 aliphatic rings. The maximum atomic E-state index is 10.5. The van der Waals surface area contributed by atoms with Gasteiger partial charge in [-0.2, -0.15) is 0 Å². The fourth-order valence-corrected chi connectivity index (χ4v) is 2.76. The van der Waals surface area contributed by atoms with E-state index in [1.165, 1.54) is 19.3 Å². The second-order valence-corrected chi connectivity index (χ2v) is 5.83. The number of hydrogen-bond donors (Lipinski definition) is 0. The number of ether oxygens (including phenoxy) is 1. The molecule has 115 valence electrons. The monoisotopic (exact) mass is 303 g/mol.